The van der Waals surface area contributed by atoms with Crippen molar-refractivity contribution in [3.63, 3.8) is 0 Å². The Kier molecular flexibility index (Phi) is 7.99. The Morgan fingerprint density at radius 3 is 2.81 bits per heavy atom. The molecule has 0 spiro atoms. The molecule has 7 nitrogen and oxygen atoms in total. The van der Waals surface area contributed by atoms with Crippen LogP contribution in [0.1, 0.15) is 44.9 Å². The monoisotopic (exact) mass is 395 g/mol. The van der Waals surface area contributed by atoms with E-state index >= 15 is 0 Å². The number of aromatic nitrogens is 1. The number of carbonyl (C=O) groups is 1. The minimum absolute atomic E-state index is 0.0266. The predicted octanol–water partition coefficient (Wildman–Crippen LogP) is 2.71. The maximum absolute atomic E-state index is 11.7. The fraction of sp³-hybridized carbons (Fsp3) is 0.474. The van der Waals surface area contributed by atoms with Crippen LogP contribution < -0.4 is 9.88 Å². The standard InChI is InChI=1S/C19H26N2O5S/c1-2-3-13-20-18(22)11-6-7-12-19-21(14-8-15-27(23,24)25)16-9-4-5-10-17(16)26-19/h4-5,7,9-10,12H,2-3,6,8,11,13-15H2,1H3,(H-,20,22,23,24,25)/p+1. The fourth-order valence-electron chi connectivity index (χ4n) is 2.70. The normalized spacial score (nSPS) is 12.1. The zero-order valence-electron chi connectivity index (χ0n) is 15.6. The third kappa shape index (κ3) is 7.15. The van der Waals surface area contributed by atoms with Gasteiger partial charge in [0, 0.05) is 31.5 Å². The number of allylic oxidation sites excluding steroid dienone is 1. The fourth-order valence-corrected chi connectivity index (χ4v) is 3.20. The molecule has 0 saturated heterocycles. The van der Waals surface area contributed by atoms with Crippen LogP contribution in [0.15, 0.2) is 34.8 Å². The lowest BCUT2D eigenvalue weighted by atomic mass is 10.2. The first-order chi connectivity index (χ1) is 12.9. The first-order valence-corrected chi connectivity index (χ1v) is 10.8. The smallest absolute Gasteiger partial charge is 0.373 e. The highest BCUT2D eigenvalue weighted by Crippen LogP contribution is 2.15. The van der Waals surface area contributed by atoms with Crippen LogP contribution in [-0.2, 0) is 21.5 Å². The largest absolute Gasteiger partial charge is 0.398 e. The summed E-state index contributed by atoms with van der Waals surface area (Å²) < 4.78 is 38.5. The molecule has 0 saturated carbocycles. The maximum Gasteiger partial charge on any atom is 0.373 e. The Morgan fingerprint density at radius 2 is 2.07 bits per heavy atom. The van der Waals surface area contributed by atoms with Crippen LogP contribution in [0.5, 0.6) is 0 Å². The number of fused-ring (bicyclic) bond motifs is 1. The molecule has 0 aliphatic carbocycles. The number of oxazole rings is 1. The number of unbranched alkanes of at least 4 members (excludes halogenated alkanes) is 1. The van der Waals surface area contributed by atoms with Crippen LogP contribution >= 0.6 is 0 Å². The van der Waals surface area contributed by atoms with Gasteiger partial charge < -0.3 is 9.73 Å². The highest BCUT2D eigenvalue weighted by atomic mass is 32.2. The molecule has 1 aromatic carbocycles. The number of aryl methyl sites for hydroxylation is 1. The molecule has 27 heavy (non-hydrogen) atoms. The Labute approximate surface area is 159 Å². The van der Waals surface area contributed by atoms with E-state index in [0.29, 0.717) is 37.4 Å². The average molecular weight is 396 g/mol. The number of carbonyl (C=O) groups excluding carboxylic acids is 1. The van der Waals surface area contributed by atoms with Crippen LogP contribution in [0.2, 0.25) is 0 Å². The van der Waals surface area contributed by atoms with Gasteiger partial charge in [0.1, 0.15) is 0 Å². The molecule has 8 heteroatoms. The summed E-state index contributed by atoms with van der Waals surface area (Å²) >= 11 is 0. The van der Waals surface area contributed by atoms with Gasteiger partial charge in [0.2, 0.25) is 11.5 Å². The second kappa shape index (κ2) is 10.2. The summed E-state index contributed by atoms with van der Waals surface area (Å²) in [5.74, 6) is 0.303. The van der Waals surface area contributed by atoms with Gasteiger partial charge in [0.25, 0.3) is 15.6 Å². The molecule has 0 aliphatic rings. The second-order valence-electron chi connectivity index (χ2n) is 6.34. The molecule has 148 valence electrons. The van der Waals surface area contributed by atoms with Gasteiger partial charge in [-0.2, -0.15) is 13.0 Å². The molecular weight excluding hydrogens is 368 g/mol. The molecule has 2 aromatic rings. The number of hydrogen-bond donors (Lipinski definition) is 2. The number of nitrogens with one attached hydrogen (secondary N) is 1. The van der Waals surface area contributed by atoms with Crippen LogP contribution in [0.3, 0.4) is 0 Å². The van der Waals surface area contributed by atoms with E-state index in [4.69, 9.17) is 8.97 Å². The molecule has 0 radical (unpaired) electrons. The predicted molar refractivity (Wildman–Crippen MR) is 104 cm³/mol. The highest BCUT2D eigenvalue weighted by Gasteiger charge is 2.20. The minimum atomic E-state index is -3.99. The van der Waals surface area contributed by atoms with Gasteiger partial charge in [0.15, 0.2) is 6.54 Å². The Balaban J connectivity index is 2.01. The number of benzene rings is 1. The number of rotatable bonds is 11. The van der Waals surface area contributed by atoms with Crippen molar-refractivity contribution in [1.82, 2.24) is 5.32 Å². The van der Waals surface area contributed by atoms with E-state index in [9.17, 15) is 13.2 Å². The summed E-state index contributed by atoms with van der Waals surface area (Å²) in [4.78, 5) is 11.7. The molecule has 0 bridgehead atoms. The van der Waals surface area contributed by atoms with Gasteiger partial charge in [-0.05, 0) is 18.9 Å². The topological polar surface area (TPSA) is 100 Å². The Bertz CT molecular complexity index is 887. The van der Waals surface area contributed by atoms with Crippen molar-refractivity contribution in [2.75, 3.05) is 12.3 Å². The Hall–Kier alpha value is -2.19. The van der Waals surface area contributed by atoms with Crippen LogP contribution in [0.25, 0.3) is 17.2 Å². The summed E-state index contributed by atoms with van der Waals surface area (Å²) in [7, 11) is -3.99. The van der Waals surface area contributed by atoms with Crippen molar-refractivity contribution in [3.8, 4) is 0 Å². The second-order valence-corrected chi connectivity index (χ2v) is 7.92. The number of amides is 1. The van der Waals surface area contributed by atoms with E-state index in [2.05, 4.69) is 12.2 Å². The van der Waals surface area contributed by atoms with E-state index in [1.165, 1.54) is 0 Å². The van der Waals surface area contributed by atoms with Gasteiger partial charge in [-0.15, -0.1) is 0 Å². The van der Waals surface area contributed by atoms with Crippen LogP contribution in [0, 0.1) is 0 Å². The third-order valence-corrected chi connectivity index (χ3v) is 4.88. The molecule has 1 aromatic heterocycles. The van der Waals surface area contributed by atoms with E-state index < -0.39 is 10.1 Å². The summed E-state index contributed by atoms with van der Waals surface area (Å²) in [5.41, 5.74) is 1.55. The van der Waals surface area contributed by atoms with Gasteiger partial charge in [0.05, 0.1) is 5.75 Å². The molecule has 0 atom stereocenters. The van der Waals surface area contributed by atoms with Gasteiger partial charge in [-0.25, -0.2) is 0 Å². The number of hydrogen-bond acceptors (Lipinski definition) is 4. The zero-order chi connectivity index (χ0) is 19.7. The van der Waals surface area contributed by atoms with Gasteiger partial charge in [-0.3, -0.25) is 9.35 Å². The van der Waals surface area contributed by atoms with E-state index in [0.717, 1.165) is 18.4 Å². The zero-order valence-corrected chi connectivity index (χ0v) is 16.4. The average Bonchev–Trinajstić information content (AvgIpc) is 2.96. The van der Waals surface area contributed by atoms with Crippen LogP contribution in [0.4, 0.5) is 0 Å². The van der Waals surface area contributed by atoms with Crippen molar-refractivity contribution in [1.29, 1.82) is 0 Å². The van der Waals surface area contributed by atoms with Crippen molar-refractivity contribution in [2.45, 2.75) is 45.6 Å². The summed E-state index contributed by atoms with van der Waals surface area (Å²) in [6.45, 7) is 3.18. The first kappa shape index (κ1) is 21.1. The SMILES string of the molecule is CCCCNC(=O)CCC=Cc1oc2ccccc2[n+]1CCCS(=O)(=O)O. The quantitative estimate of drug-likeness (QED) is 0.346. The van der Waals surface area contributed by atoms with E-state index in [-0.39, 0.29) is 18.1 Å². The molecule has 2 N–H and O–H groups in total. The molecule has 2 rings (SSSR count). The minimum Gasteiger partial charge on any atom is -0.398 e. The molecule has 0 unspecified atom stereocenters. The summed E-state index contributed by atoms with van der Waals surface area (Å²) in [5, 5.41) is 2.88. The summed E-state index contributed by atoms with van der Waals surface area (Å²) in [6.07, 6.45) is 6.95. The molecule has 0 fully saturated rings. The Morgan fingerprint density at radius 1 is 1.30 bits per heavy atom. The lowest BCUT2D eigenvalue weighted by Crippen LogP contribution is -2.36. The number of para-hydroxylation sites is 2. The summed E-state index contributed by atoms with van der Waals surface area (Å²) in [6, 6.07) is 7.48. The third-order valence-electron chi connectivity index (χ3n) is 4.07. The molecule has 1 heterocycles. The lowest BCUT2D eigenvalue weighted by molar-refractivity contribution is -0.677. The molecular formula is C19H27N2O5S+. The van der Waals surface area contributed by atoms with Crippen molar-refractivity contribution in [2.24, 2.45) is 0 Å². The number of nitrogens with zero attached hydrogens (tertiary/aromatic N) is 1. The van der Waals surface area contributed by atoms with Crippen LogP contribution in [-0.4, -0.2) is 31.2 Å². The van der Waals surface area contributed by atoms with Crippen molar-refractivity contribution >= 4 is 33.2 Å². The van der Waals surface area contributed by atoms with Crippen molar-refractivity contribution < 1.29 is 26.7 Å². The molecule has 1 amide bonds. The maximum atomic E-state index is 11.7. The van der Waals surface area contributed by atoms with Gasteiger partial charge >= 0.3 is 5.89 Å². The molecule has 0 aliphatic heterocycles. The van der Waals surface area contributed by atoms with Gasteiger partial charge in [-0.1, -0.05) is 31.6 Å². The lowest BCUT2D eigenvalue weighted by Gasteiger charge is -2.01. The van der Waals surface area contributed by atoms with Crippen molar-refractivity contribution in [3.05, 3.63) is 36.2 Å². The van der Waals surface area contributed by atoms with E-state index in [1.807, 2.05) is 34.9 Å². The van der Waals surface area contributed by atoms with E-state index in [1.54, 1.807) is 6.08 Å². The highest BCUT2D eigenvalue weighted by molar-refractivity contribution is 7.85. The first-order valence-electron chi connectivity index (χ1n) is 9.20.